The first-order valence-corrected chi connectivity index (χ1v) is 6.64. The van der Waals surface area contributed by atoms with E-state index in [0.29, 0.717) is 0 Å². The minimum absolute atomic E-state index is 0.742. The number of aromatic nitrogens is 2. The molecule has 0 aliphatic carbocycles. The molecular formula is C16H17N3O. The average Bonchev–Trinajstić information content (AvgIpc) is 2.85. The Balaban J connectivity index is 2.19. The lowest BCUT2D eigenvalue weighted by atomic mass is 10.1. The van der Waals surface area contributed by atoms with Crippen LogP contribution in [0.3, 0.4) is 0 Å². The molecule has 4 nitrogen and oxygen atoms in total. The van der Waals surface area contributed by atoms with Crippen molar-refractivity contribution < 1.29 is 4.74 Å². The van der Waals surface area contributed by atoms with Crippen molar-refractivity contribution in [3.63, 3.8) is 0 Å². The van der Waals surface area contributed by atoms with Crippen molar-refractivity contribution in [1.82, 2.24) is 9.38 Å². The SMILES string of the molecule is CCc1c(-c2ccc(OC)cc2)nc2ccc(N)cn12. The van der Waals surface area contributed by atoms with E-state index in [4.69, 9.17) is 15.5 Å². The fourth-order valence-corrected chi connectivity index (χ4v) is 2.43. The molecule has 0 unspecified atom stereocenters. The summed E-state index contributed by atoms with van der Waals surface area (Å²) in [6.07, 6.45) is 2.82. The number of nitrogens with two attached hydrogens (primary N) is 1. The van der Waals surface area contributed by atoms with Gasteiger partial charge in [-0.05, 0) is 42.8 Å². The van der Waals surface area contributed by atoms with E-state index >= 15 is 0 Å². The van der Waals surface area contributed by atoms with E-state index in [1.54, 1.807) is 7.11 Å². The third-order valence-corrected chi connectivity index (χ3v) is 3.44. The standard InChI is InChI=1S/C16H17N3O/c1-3-14-16(11-4-7-13(20-2)8-5-11)18-15-9-6-12(17)10-19(14)15/h4-10H,3,17H2,1-2H3. The zero-order valence-corrected chi connectivity index (χ0v) is 11.6. The molecule has 2 aromatic heterocycles. The number of pyridine rings is 1. The van der Waals surface area contributed by atoms with E-state index in [0.717, 1.165) is 40.5 Å². The van der Waals surface area contributed by atoms with Crippen LogP contribution in [0.15, 0.2) is 42.6 Å². The highest BCUT2D eigenvalue weighted by Gasteiger charge is 2.12. The van der Waals surface area contributed by atoms with Crippen LogP contribution in [0, 0.1) is 0 Å². The molecule has 0 bridgehead atoms. The van der Waals surface area contributed by atoms with Gasteiger partial charge in [0.25, 0.3) is 0 Å². The number of anilines is 1. The summed E-state index contributed by atoms with van der Waals surface area (Å²) in [7, 11) is 1.67. The fourth-order valence-electron chi connectivity index (χ4n) is 2.43. The van der Waals surface area contributed by atoms with Gasteiger partial charge >= 0.3 is 0 Å². The van der Waals surface area contributed by atoms with Gasteiger partial charge in [0.15, 0.2) is 0 Å². The molecule has 0 radical (unpaired) electrons. The molecule has 0 aliphatic rings. The van der Waals surface area contributed by atoms with E-state index in [1.807, 2.05) is 42.6 Å². The van der Waals surface area contributed by atoms with Gasteiger partial charge in [-0.15, -0.1) is 0 Å². The molecule has 1 aromatic carbocycles. The lowest BCUT2D eigenvalue weighted by Gasteiger charge is -2.04. The van der Waals surface area contributed by atoms with Crippen LogP contribution in [-0.2, 0) is 6.42 Å². The Bertz CT molecular complexity index is 744. The second kappa shape index (κ2) is 4.89. The van der Waals surface area contributed by atoms with Gasteiger partial charge in [-0.25, -0.2) is 4.98 Å². The number of ether oxygens (including phenoxy) is 1. The topological polar surface area (TPSA) is 52.5 Å². The highest BCUT2D eigenvalue weighted by Crippen LogP contribution is 2.27. The number of rotatable bonds is 3. The Morgan fingerprint density at radius 2 is 1.90 bits per heavy atom. The van der Waals surface area contributed by atoms with Gasteiger partial charge in [0.1, 0.15) is 11.4 Å². The Kier molecular flexibility index (Phi) is 3.06. The smallest absolute Gasteiger partial charge is 0.137 e. The van der Waals surface area contributed by atoms with Crippen molar-refractivity contribution in [3.8, 4) is 17.0 Å². The Morgan fingerprint density at radius 3 is 2.55 bits per heavy atom. The first-order valence-electron chi connectivity index (χ1n) is 6.64. The molecule has 2 N–H and O–H groups in total. The van der Waals surface area contributed by atoms with E-state index in [1.165, 1.54) is 0 Å². The normalized spacial score (nSPS) is 10.9. The van der Waals surface area contributed by atoms with Crippen LogP contribution in [0.4, 0.5) is 5.69 Å². The van der Waals surface area contributed by atoms with E-state index in [2.05, 4.69) is 11.3 Å². The lowest BCUT2D eigenvalue weighted by molar-refractivity contribution is 0.415. The minimum Gasteiger partial charge on any atom is -0.497 e. The van der Waals surface area contributed by atoms with E-state index in [9.17, 15) is 0 Å². The van der Waals surface area contributed by atoms with E-state index < -0.39 is 0 Å². The van der Waals surface area contributed by atoms with Crippen LogP contribution in [0.2, 0.25) is 0 Å². The summed E-state index contributed by atoms with van der Waals surface area (Å²) in [6, 6.07) is 11.8. The molecule has 0 saturated heterocycles. The maximum atomic E-state index is 5.87. The number of methoxy groups -OCH3 is 1. The highest BCUT2D eigenvalue weighted by molar-refractivity contribution is 5.68. The number of nitrogen functional groups attached to an aromatic ring is 1. The predicted molar refractivity (Wildman–Crippen MR) is 81.0 cm³/mol. The molecule has 0 fully saturated rings. The molecular weight excluding hydrogens is 250 g/mol. The molecule has 0 spiro atoms. The summed E-state index contributed by atoms with van der Waals surface area (Å²) in [5, 5.41) is 0. The van der Waals surface area contributed by atoms with Crippen molar-refractivity contribution >= 4 is 11.3 Å². The van der Waals surface area contributed by atoms with Gasteiger partial charge in [-0.2, -0.15) is 0 Å². The number of nitrogens with zero attached hydrogens (tertiary/aromatic N) is 2. The summed E-state index contributed by atoms with van der Waals surface area (Å²) in [5.74, 6) is 0.847. The minimum atomic E-state index is 0.742. The largest absolute Gasteiger partial charge is 0.497 e. The van der Waals surface area contributed by atoms with Crippen molar-refractivity contribution in [2.24, 2.45) is 0 Å². The fraction of sp³-hybridized carbons (Fsp3) is 0.188. The number of aryl methyl sites for hydroxylation is 1. The summed E-state index contributed by atoms with van der Waals surface area (Å²) in [6.45, 7) is 2.12. The van der Waals surface area contributed by atoms with Crippen molar-refractivity contribution in [2.45, 2.75) is 13.3 Å². The maximum Gasteiger partial charge on any atom is 0.137 e. The third kappa shape index (κ3) is 1.99. The van der Waals surface area contributed by atoms with Crippen LogP contribution < -0.4 is 10.5 Å². The Morgan fingerprint density at radius 1 is 1.15 bits per heavy atom. The van der Waals surface area contributed by atoms with Crippen molar-refractivity contribution in [3.05, 3.63) is 48.3 Å². The van der Waals surface area contributed by atoms with Gasteiger partial charge < -0.3 is 14.9 Å². The average molecular weight is 267 g/mol. The van der Waals surface area contributed by atoms with Crippen LogP contribution >= 0.6 is 0 Å². The third-order valence-electron chi connectivity index (χ3n) is 3.44. The molecule has 4 heteroatoms. The number of benzene rings is 1. The van der Waals surface area contributed by atoms with Gasteiger partial charge in [0.2, 0.25) is 0 Å². The monoisotopic (exact) mass is 267 g/mol. The Hall–Kier alpha value is -2.49. The number of hydrogen-bond acceptors (Lipinski definition) is 3. The molecule has 2 heterocycles. The zero-order chi connectivity index (χ0) is 14.1. The first-order chi connectivity index (χ1) is 9.72. The molecule has 0 atom stereocenters. The lowest BCUT2D eigenvalue weighted by Crippen LogP contribution is -1.95. The van der Waals surface area contributed by atoms with Gasteiger partial charge in [-0.3, -0.25) is 0 Å². The number of hydrogen-bond donors (Lipinski definition) is 1. The molecule has 20 heavy (non-hydrogen) atoms. The molecule has 3 rings (SSSR count). The number of fused-ring (bicyclic) bond motifs is 1. The second-order valence-electron chi connectivity index (χ2n) is 4.68. The predicted octanol–water partition coefficient (Wildman–Crippen LogP) is 3.15. The maximum absolute atomic E-state index is 5.87. The molecule has 102 valence electrons. The summed E-state index contributed by atoms with van der Waals surface area (Å²) in [5.41, 5.74) is 10.8. The summed E-state index contributed by atoms with van der Waals surface area (Å²) in [4.78, 5) is 4.72. The van der Waals surface area contributed by atoms with Crippen LogP contribution in [-0.4, -0.2) is 16.5 Å². The summed E-state index contributed by atoms with van der Waals surface area (Å²) < 4.78 is 7.26. The second-order valence-corrected chi connectivity index (χ2v) is 4.68. The highest BCUT2D eigenvalue weighted by atomic mass is 16.5. The van der Waals surface area contributed by atoms with Gasteiger partial charge in [0, 0.05) is 17.4 Å². The first kappa shape index (κ1) is 12.5. The van der Waals surface area contributed by atoms with Gasteiger partial charge in [0.05, 0.1) is 18.5 Å². The number of imidazole rings is 1. The molecule has 0 amide bonds. The Labute approximate surface area is 117 Å². The quantitative estimate of drug-likeness (QED) is 0.793. The zero-order valence-electron chi connectivity index (χ0n) is 11.6. The van der Waals surface area contributed by atoms with Crippen molar-refractivity contribution in [1.29, 1.82) is 0 Å². The summed E-state index contributed by atoms with van der Waals surface area (Å²) >= 11 is 0. The molecule has 3 aromatic rings. The van der Waals surface area contributed by atoms with Crippen molar-refractivity contribution in [2.75, 3.05) is 12.8 Å². The van der Waals surface area contributed by atoms with Crippen LogP contribution in [0.25, 0.3) is 16.9 Å². The van der Waals surface area contributed by atoms with Crippen LogP contribution in [0.1, 0.15) is 12.6 Å². The molecule has 0 aliphatic heterocycles. The van der Waals surface area contributed by atoms with Crippen LogP contribution in [0.5, 0.6) is 5.75 Å². The van der Waals surface area contributed by atoms with Gasteiger partial charge in [-0.1, -0.05) is 6.92 Å². The van der Waals surface area contributed by atoms with E-state index in [-0.39, 0.29) is 0 Å². The molecule has 0 saturated carbocycles.